The molecule has 0 aromatic heterocycles. The number of amides is 1. The molecule has 96 valence electrons. The Labute approximate surface area is 107 Å². The van der Waals surface area contributed by atoms with Crippen LogP contribution < -0.4 is 10.6 Å². The molecule has 1 aromatic rings. The number of benzene rings is 1. The summed E-state index contributed by atoms with van der Waals surface area (Å²) in [6, 6.07) is 10.6. The topological polar surface area (TPSA) is 50.4 Å². The van der Waals surface area contributed by atoms with Crippen molar-refractivity contribution in [3.05, 3.63) is 35.9 Å². The van der Waals surface area contributed by atoms with Crippen LogP contribution in [0.15, 0.2) is 30.3 Å². The number of carbonyl (C=O) groups is 1. The van der Waals surface area contributed by atoms with Crippen LogP contribution in [-0.4, -0.2) is 37.7 Å². The molecule has 2 N–H and O–H groups in total. The highest BCUT2D eigenvalue weighted by atomic mass is 16.5. The van der Waals surface area contributed by atoms with Crippen molar-refractivity contribution in [1.82, 2.24) is 10.6 Å². The molecule has 0 spiro atoms. The van der Waals surface area contributed by atoms with E-state index in [0.29, 0.717) is 19.1 Å². The van der Waals surface area contributed by atoms with Crippen molar-refractivity contribution >= 4 is 5.91 Å². The van der Waals surface area contributed by atoms with Crippen molar-refractivity contribution in [2.45, 2.75) is 24.5 Å². The molecule has 3 unspecified atom stereocenters. The Morgan fingerprint density at radius 2 is 2.17 bits per heavy atom. The first-order valence-electron chi connectivity index (χ1n) is 6.52. The fourth-order valence-electron chi connectivity index (χ4n) is 2.43. The second kappa shape index (κ2) is 5.08. The molecule has 3 rings (SSSR count). The lowest BCUT2D eigenvalue weighted by Gasteiger charge is -2.22. The molecular formula is C14H18N2O2. The van der Waals surface area contributed by atoms with Crippen molar-refractivity contribution < 1.29 is 9.53 Å². The van der Waals surface area contributed by atoms with Gasteiger partial charge in [-0.25, -0.2) is 0 Å². The van der Waals surface area contributed by atoms with E-state index in [9.17, 15) is 4.79 Å². The van der Waals surface area contributed by atoms with E-state index in [1.165, 1.54) is 5.56 Å². The predicted octanol–water partition coefficient (Wildman–Crippen LogP) is 0.647. The van der Waals surface area contributed by atoms with Crippen LogP contribution in [0, 0.1) is 0 Å². The average molecular weight is 246 g/mol. The minimum absolute atomic E-state index is 0.0191. The normalized spacial score (nSPS) is 30.8. The van der Waals surface area contributed by atoms with Crippen molar-refractivity contribution in [1.29, 1.82) is 0 Å². The number of nitrogens with one attached hydrogen (secondary N) is 2. The van der Waals surface area contributed by atoms with Crippen molar-refractivity contribution in [2.75, 3.05) is 19.7 Å². The van der Waals surface area contributed by atoms with Gasteiger partial charge in [0.05, 0.1) is 6.61 Å². The van der Waals surface area contributed by atoms with E-state index >= 15 is 0 Å². The lowest BCUT2D eigenvalue weighted by molar-refractivity contribution is -0.134. The summed E-state index contributed by atoms with van der Waals surface area (Å²) in [6.07, 6.45) is 0.714. The number of ether oxygens (including phenoxy) is 1. The highest BCUT2D eigenvalue weighted by Crippen LogP contribution is 2.40. The Morgan fingerprint density at radius 1 is 1.33 bits per heavy atom. The van der Waals surface area contributed by atoms with Gasteiger partial charge in [-0.1, -0.05) is 30.3 Å². The third-order valence-corrected chi connectivity index (χ3v) is 3.57. The van der Waals surface area contributed by atoms with Gasteiger partial charge in [0.2, 0.25) is 0 Å². The first kappa shape index (κ1) is 11.7. The lowest BCUT2D eigenvalue weighted by Crippen LogP contribution is -2.48. The molecule has 0 bridgehead atoms. The molecule has 1 aromatic carbocycles. The van der Waals surface area contributed by atoms with Crippen LogP contribution in [-0.2, 0) is 9.53 Å². The van der Waals surface area contributed by atoms with Crippen LogP contribution in [0.1, 0.15) is 17.9 Å². The van der Waals surface area contributed by atoms with Crippen LogP contribution in [0.5, 0.6) is 0 Å². The van der Waals surface area contributed by atoms with E-state index in [-0.39, 0.29) is 18.1 Å². The molecule has 2 fully saturated rings. The second-order valence-corrected chi connectivity index (χ2v) is 4.93. The van der Waals surface area contributed by atoms with Gasteiger partial charge in [0, 0.05) is 25.0 Å². The maximum atomic E-state index is 11.9. The summed E-state index contributed by atoms with van der Waals surface area (Å²) >= 11 is 0. The smallest absolute Gasteiger partial charge is 0.250 e. The second-order valence-electron chi connectivity index (χ2n) is 4.93. The molecule has 1 heterocycles. The van der Waals surface area contributed by atoms with Gasteiger partial charge in [-0.2, -0.15) is 0 Å². The molecule has 4 heteroatoms. The van der Waals surface area contributed by atoms with Crippen molar-refractivity contribution in [3.8, 4) is 0 Å². The molecule has 1 aliphatic heterocycles. The molecule has 18 heavy (non-hydrogen) atoms. The highest BCUT2D eigenvalue weighted by Gasteiger charge is 2.40. The zero-order chi connectivity index (χ0) is 12.4. The number of hydrogen-bond donors (Lipinski definition) is 2. The van der Waals surface area contributed by atoms with E-state index < -0.39 is 0 Å². The van der Waals surface area contributed by atoms with Gasteiger partial charge in [-0.05, 0) is 12.0 Å². The third kappa shape index (κ3) is 2.54. The van der Waals surface area contributed by atoms with Gasteiger partial charge in [-0.15, -0.1) is 0 Å². The lowest BCUT2D eigenvalue weighted by atomic mass is 10.1. The molecule has 2 aliphatic rings. The fourth-order valence-corrected chi connectivity index (χ4v) is 2.43. The van der Waals surface area contributed by atoms with E-state index in [1.54, 1.807) is 0 Å². The maximum absolute atomic E-state index is 11.9. The van der Waals surface area contributed by atoms with Gasteiger partial charge in [0.1, 0.15) is 6.10 Å². The summed E-state index contributed by atoms with van der Waals surface area (Å²) in [5.41, 5.74) is 1.31. The summed E-state index contributed by atoms with van der Waals surface area (Å²) in [5.74, 6) is 0.498. The molecule has 4 nitrogen and oxygen atoms in total. The highest BCUT2D eigenvalue weighted by molar-refractivity contribution is 5.82. The summed E-state index contributed by atoms with van der Waals surface area (Å²) < 4.78 is 5.43. The first-order valence-corrected chi connectivity index (χ1v) is 6.52. The molecule has 1 saturated carbocycles. The largest absolute Gasteiger partial charge is 0.366 e. The van der Waals surface area contributed by atoms with E-state index in [1.807, 2.05) is 18.2 Å². The Morgan fingerprint density at radius 3 is 2.89 bits per heavy atom. The van der Waals surface area contributed by atoms with Crippen LogP contribution in [0.2, 0.25) is 0 Å². The maximum Gasteiger partial charge on any atom is 0.250 e. The number of carbonyl (C=O) groups excluding carboxylic acids is 1. The summed E-state index contributed by atoms with van der Waals surface area (Å²) in [5, 5.41) is 6.23. The van der Waals surface area contributed by atoms with Crippen molar-refractivity contribution in [2.24, 2.45) is 0 Å². The van der Waals surface area contributed by atoms with Crippen LogP contribution in [0.4, 0.5) is 0 Å². The monoisotopic (exact) mass is 246 g/mol. The number of hydrogen-bond acceptors (Lipinski definition) is 3. The number of morpholine rings is 1. The Balaban J connectivity index is 1.51. The van der Waals surface area contributed by atoms with Gasteiger partial charge in [0.25, 0.3) is 5.91 Å². The minimum Gasteiger partial charge on any atom is -0.366 e. The van der Waals surface area contributed by atoms with Crippen LogP contribution in [0.25, 0.3) is 0 Å². The van der Waals surface area contributed by atoms with Gasteiger partial charge >= 0.3 is 0 Å². The first-order chi connectivity index (χ1) is 8.84. The Hall–Kier alpha value is -1.39. The van der Waals surface area contributed by atoms with Gasteiger partial charge < -0.3 is 15.4 Å². The van der Waals surface area contributed by atoms with E-state index in [2.05, 4.69) is 22.8 Å². The molecule has 3 atom stereocenters. The summed E-state index contributed by atoms with van der Waals surface area (Å²) in [4.78, 5) is 11.9. The average Bonchev–Trinajstić information content (AvgIpc) is 3.20. The van der Waals surface area contributed by atoms with Crippen LogP contribution >= 0.6 is 0 Å². The standard InChI is InChI=1S/C14H18N2O2/c17-14(13-9-15-6-7-18-13)16-12-8-11(12)10-4-2-1-3-5-10/h1-5,11-13,15H,6-9H2,(H,16,17). The summed E-state index contributed by atoms with van der Waals surface area (Å²) in [7, 11) is 0. The molecule has 1 saturated heterocycles. The number of rotatable bonds is 3. The molecular weight excluding hydrogens is 228 g/mol. The Bertz CT molecular complexity index is 415. The Kier molecular flexibility index (Phi) is 3.30. The van der Waals surface area contributed by atoms with Gasteiger partial charge in [0.15, 0.2) is 0 Å². The minimum atomic E-state index is -0.323. The predicted molar refractivity (Wildman–Crippen MR) is 68.3 cm³/mol. The third-order valence-electron chi connectivity index (χ3n) is 3.57. The van der Waals surface area contributed by atoms with Crippen LogP contribution in [0.3, 0.4) is 0 Å². The van der Waals surface area contributed by atoms with Crippen molar-refractivity contribution in [3.63, 3.8) is 0 Å². The molecule has 1 aliphatic carbocycles. The molecule has 0 radical (unpaired) electrons. The van der Waals surface area contributed by atoms with Gasteiger partial charge in [-0.3, -0.25) is 4.79 Å². The van der Waals surface area contributed by atoms with E-state index in [0.717, 1.165) is 13.0 Å². The quantitative estimate of drug-likeness (QED) is 0.823. The zero-order valence-electron chi connectivity index (χ0n) is 10.3. The fraction of sp³-hybridized carbons (Fsp3) is 0.500. The van der Waals surface area contributed by atoms with E-state index in [4.69, 9.17) is 4.74 Å². The summed E-state index contributed by atoms with van der Waals surface area (Å²) in [6.45, 7) is 2.07. The SMILES string of the molecule is O=C(NC1CC1c1ccccc1)C1CNCCO1. The molecule has 1 amide bonds. The zero-order valence-corrected chi connectivity index (χ0v) is 10.3.